The average Bonchev–Trinajstić information content (AvgIpc) is 3.06. The molecule has 2 N–H and O–H groups in total. The van der Waals surface area contributed by atoms with Crippen LogP contribution >= 0.6 is 0 Å². The van der Waals surface area contributed by atoms with Gasteiger partial charge in [0.1, 0.15) is 0 Å². The van der Waals surface area contributed by atoms with Crippen molar-refractivity contribution in [1.82, 2.24) is 15.1 Å². The molecule has 1 fully saturated rings. The van der Waals surface area contributed by atoms with Gasteiger partial charge in [-0.15, -0.1) is 0 Å². The van der Waals surface area contributed by atoms with Crippen LogP contribution < -0.4 is 10.6 Å². The largest absolute Gasteiger partial charge is 0.320 e. The first kappa shape index (κ1) is 15.7. The van der Waals surface area contributed by atoms with E-state index in [1.165, 1.54) is 0 Å². The summed E-state index contributed by atoms with van der Waals surface area (Å²) >= 11 is 0. The van der Waals surface area contributed by atoms with E-state index < -0.39 is 0 Å². The Bertz CT molecular complexity index is 671. The Labute approximate surface area is 137 Å². The standard InChI is InChI=1S/C18H24N4O/c1-13(2)15-7-3-4-8-16(15)20-18(23)17-9-11-22(21-17)14-6-5-10-19-12-14/h3-4,7-9,11,13-14,19H,5-6,10,12H2,1-2H3,(H,20,23). The third kappa shape index (κ3) is 3.62. The zero-order valence-corrected chi connectivity index (χ0v) is 13.7. The van der Waals surface area contributed by atoms with Crippen molar-refractivity contribution < 1.29 is 4.79 Å². The van der Waals surface area contributed by atoms with Crippen molar-refractivity contribution in [3.05, 3.63) is 47.8 Å². The summed E-state index contributed by atoms with van der Waals surface area (Å²) in [5.41, 5.74) is 2.47. The summed E-state index contributed by atoms with van der Waals surface area (Å²) < 4.78 is 1.91. The molecular weight excluding hydrogens is 288 g/mol. The maximum Gasteiger partial charge on any atom is 0.276 e. The van der Waals surface area contributed by atoms with Crippen LogP contribution in [-0.4, -0.2) is 28.8 Å². The molecule has 3 rings (SSSR count). The van der Waals surface area contributed by atoms with Crippen LogP contribution in [0, 0.1) is 0 Å². The van der Waals surface area contributed by atoms with Crippen molar-refractivity contribution in [2.45, 2.75) is 38.6 Å². The molecule has 0 bridgehead atoms. The highest BCUT2D eigenvalue weighted by molar-refractivity contribution is 6.03. The molecule has 122 valence electrons. The molecule has 1 aromatic heterocycles. The van der Waals surface area contributed by atoms with Gasteiger partial charge in [-0.1, -0.05) is 32.0 Å². The number of anilines is 1. The Balaban J connectivity index is 1.73. The predicted octanol–water partition coefficient (Wildman–Crippen LogP) is 3.18. The molecule has 1 atom stereocenters. The van der Waals surface area contributed by atoms with Crippen LogP contribution in [0.2, 0.25) is 0 Å². The third-order valence-electron chi connectivity index (χ3n) is 4.32. The summed E-state index contributed by atoms with van der Waals surface area (Å²) in [6, 6.07) is 10.1. The lowest BCUT2D eigenvalue weighted by atomic mass is 10.0. The first-order chi connectivity index (χ1) is 11.1. The number of amides is 1. The van der Waals surface area contributed by atoms with Gasteiger partial charge in [0.2, 0.25) is 0 Å². The van der Waals surface area contributed by atoms with Gasteiger partial charge in [0.05, 0.1) is 6.04 Å². The molecule has 5 heteroatoms. The summed E-state index contributed by atoms with van der Waals surface area (Å²) in [5, 5.41) is 10.8. The lowest BCUT2D eigenvalue weighted by molar-refractivity contribution is 0.102. The molecule has 1 aliphatic rings. The maximum atomic E-state index is 12.5. The fraction of sp³-hybridized carbons (Fsp3) is 0.444. The van der Waals surface area contributed by atoms with Crippen molar-refractivity contribution in [3.63, 3.8) is 0 Å². The van der Waals surface area contributed by atoms with Crippen LogP contribution in [-0.2, 0) is 0 Å². The molecule has 0 spiro atoms. The van der Waals surface area contributed by atoms with Crippen LogP contribution in [0.5, 0.6) is 0 Å². The van der Waals surface area contributed by atoms with Crippen LogP contribution in [0.4, 0.5) is 5.69 Å². The summed E-state index contributed by atoms with van der Waals surface area (Å²) in [6.07, 6.45) is 4.15. The second-order valence-electron chi connectivity index (χ2n) is 6.38. The van der Waals surface area contributed by atoms with Gasteiger partial charge < -0.3 is 10.6 Å². The second-order valence-corrected chi connectivity index (χ2v) is 6.38. The first-order valence-corrected chi connectivity index (χ1v) is 8.31. The van der Waals surface area contributed by atoms with Gasteiger partial charge >= 0.3 is 0 Å². The van der Waals surface area contributed by atoms with Crippen molar-refractivity contribution in [1.29, 1.82) is 0 Å². The van der Waals surface area contributed by atoms with Crippen LogP contribution in [0.15, 0.2) is 36.5 Å². The van der Waals surface area contributed by atoms with Gasteiger partial charge in [0.15, 0.2) is 5.69 Å². The topological polar surface area (TPSA) is 59.0 Å². The average molecular weight is 312 g/mol. The van der Waals surface area contributed by atoms with Gasteiger partial charge in [0.25, 0.3) is 5.91 Å². The SMILES string of the molecule is CC(C)c1ccccc1NC(=O)c1ccn(C2CCCNC2)n1. The number of rotatable bonds is 4. The number of carbonyl (C=O) groups excluding carboxylic acids is 1. The summed E-state index contributed by atoms with van der Waals surface area (Å²) in [7, 11) is 0. The van der Waals surface area contributed by atoms with Crippen LogP contribution in [0.1, 0.15) is 54.7 Å². The van der Waals surface area contributed by atoms with Crippen molar-refractivity contribution in [2.75, 3.05) is 18.4 Å². The number of carbonyl (C=O) groups is 1. The number of para-hydroxylation sites is 1. The predicted molar refractivity (Wildman–Crippen MR) is 91.9 cm³/mol. The number of nitrogens with one attached hydrogen (secondary N) is 2. The summed E-state index contributed by atoms with van der Waals surface area (Å²) in [6.45, 7) is 6.22. The van der Waals surface area contributed by atoms with E-state index >= 15 is 0 Å². The Morgan fingerprint density at radius 2 is 2.17 bits per heavy atom. The minimum absolute atomic E-state index is 0.152. The fourth-order valence-electron chi connectivity index (χ4n) is 3.02. The fourth-order valence-corrected chi connectivity index (χ4v) is 3.02. The zero-order valence-electron chi connectivity index (χ0n) is 13.7. The molecule has 5 nitrogen and oxygen atoms in total. The summed E-state index contributed by atoms with van der Waals surface area (Å²) in [4.78, 5) is 12.5. The number of piperidine rings is 1. The quantitative estimate of drug-likeness (QED) is 0.911. The van der Waals surface area contributed by atoms with E-state index in [2.05, 4.69) is 29.6 Å². The van der Waals surface area contributed by atoms with E-state index in [1.807, 2.05) is 35.1 Å². The first-order valence-electron chi connectivity index (χ1n) is 8.31. The highest BCUT2D eigenvalue weighted by Crippen LogP contribution is 2.24. The lowest BCUT2D eigenvalue weighted by Crippen LogP contribution is -2.32. The smallest absolute Gasteiger partial charge is 0.276 e. The zero-order chi connectivity index (χ0) is 16.2. The molecule has 2 aromatic rings. The molecule has 2 heterocycles. The van der Waals surface area contributed by atoms with E-state index in [0.717, 1.165) is 37.2 Å². The molecule has 1 aliphatic heterocycles. The van der Waals surface area contributed by atoms with Crippen molar-refractivity contribution >= 4 is 11.6 Å². The number of hydrogen-bond acceptors (Lipinski definition) is 3. The van der Waals surface area contributed by atoms with E-state index in [0.29, 0.717) is 17.7 Å². The number of aromatic nitrogens is 2. The Kier molecular flexibility index (Phi) is 4.76. The van der Waals surface area contributed by atoms with Gasteiger partial charge in [-0.2, -0.15) is 5.10 Å². The van der Waals surface area contributed by atoms with E-state index in [1.54, 1.807) is 6.07 Å². The lowest BCUT2D eigenvalue weighted by Gasteiger charge is -2.22. The van der Waals surface area contributed by atoms with Crippen LogP contribution in [0.25, 0.3) is 0 Å². The monoisotopic (exact) mass is 312 g/mol. The van der Waals surface area contributed by atoms with Crippen molar-refractivity contribution in [2.24, 2.45) is 0 Å². The van der Waals surface area contributed by atoms with E-state index in [-0.39, 0.29) is 5.91 Å². The third-order valence-corrected chi connectivity index (χ3v) is 4.32. The molecular formula is C18H24N4O. The maximum absolute atomic E-state index is 12.5. The van der Waals surface area contributed by atoms with Gasteiger partial charge in [-0.3, -0.25) is 9.48 Å². The van der Waals surface area contributed by atoms with E-state index in [9.17, 15) is 4.79 Å². The molecule has 0 aliphatic carbocycles. The molecule has 0 radical (unpaired) electrons. The Morgan fingerprint density at radius 1 is 1.35 bits per heavy atom. The van der Waals surface area contributed by atoms with Gasteiger partial charge in [0, 0.05) is 18.4 Å². The normalized spacial score (nSPS) is 18.1. The second kappa shape index (κ2) is 6.96. The van der Waals surface area contributed by atoms with Crippen molar-refractivity contribution in [3.8, 4) is 0 Å². The molecule has 23 heavy (non-hydrogen) atoms. The molecule has 1 saturated heterocycles. The molecule has 1 unspecified atom stereocenters. The Morgan fingerprint density at radius 3 is 2.91 bits per heavy atom. The van der Waals surface area contributed by atoms with Gasteiger partial charge in [-0.05, 0) is 43.0 Å². The van der Waals surface area contributed by atoms with Crippen LogP contribution in [0.3, 0.4) is 0 Å². The van der Waals surface area contributed by atoms with E-state index in [4.69, 9.17) is 0 Å². The summed E-state index contributed by atoms with van der Waals surface area (Å²) in [5.74, 6) is 0.206. The molecule has 1 aromatic carbocycles. The number of benzene rings is 1. The number of nitrogens with zero attached hydrogens (tertiary/aromatic N) is 2. The minimum atomic E-state index is -0.152. The highest BCUT2D eigenvalue weighted by atomic mass is 16.1. The molecule has 0 saturated carbocycles. The number of hydrogen-bond donors (Lipinski definition) is 2. The minimum Gasteiger partial charge on any atom is -0.320 e. The molecule has 1 amide bonds. The Hall–Kier alpha value is -2.14. The highest BCUT2D eigenvalue weighted by Gasteiger charge is 2.18. The van der Waals surface area contributed by atoms with Gasteiger partial charge in [-0.25, -0.2) is 0 Å².